The van der Waals surface area contributed by atoms with E-state index in [1.54, 1.807) is 5.38 Å². The number of halogens is 2. The molecule has 1 nitrogen and oxygen atoms in total. The summed E-state index contributed by atoms with van der Waals surface area (Å²) >= 11 is 12.0. The van der Waals surface area contributed by atoms with Gasteiger partial charge in [-0.3, -0.25) is 0 Å². The molecule has 8 heavy (non-hydrogen) atoms. The van der Waals surface area contributed by atoms with Gasteiger partial charge in [-0.05, 0) is 0 Å². The van der Waals surface area contributed by atoms with Crippen LogP contribution in [0.5, 0.6) is 5.75 Å². The number of hydrogen-bond donors (Lipinski definition) is 1. The van der Waals surface area contributed by atoms with Crippen LogP contribution in [0.25, 0.3) is 0 Å². The van der Waals surface area contributed by atoms with Crippen LogP contribution in [0.2, 0.25) is 9.36 Å². The van der Waals surface area contributed by atoms with Crippen molar-refractivity contribution in [2.45, 2.75) is 0 Å². The monoisotopic (exact) mass is 168 g/mol. The lowest BCUT2D eigenvalue weighted by Gasteiger charge is -1.81. The zero-order valence-corrected chi connectivity index (χ0v) is 6.02. The highest BCUT2D eigenvalue weighted by Gasteiger charge is 2.03. The van der Waals surface area contributed by atoms with Gasteiger partial charge < -0.3 is 5.11 Å². The quantitative estimate of drug-likeness (QED) is 0.632. The summed E-state index contributed by atoms with van der Waals surface area (Å²) < 4.78 is 0.343. The molecule has 0 aliphatic rings. The minimum absolute atomic E-state index is 0.0154. The number of hydrogen-bond acceptors (Lipinski definition) is 2. The number of thiophene rings is 1. The van der Waals surface area contributed by atoms with Gasteiger partial charge in [0.05, 0.1) is 5.02 Å². The van der Waals surface area contributed by atoms with Crippen LogP contribution < -0.4 is 0 Å². The Morgan fingerprint density at radius 3 is 2.25 bits per heavy atom. The first kappa shape index (κ1) is 6.20. The second-order valence-corrected chi connectivity index (χ2v) is 3.09. The van der Waals surface area contributed by atoms with Gasteiger partial charge >= 0.3 is 0 Å². The van der Waals surface area contributed by atoms with E-state index in [0.29, 0.717) is 9.36 Å². The van der Waals surface area contributed by atoms with Crippen molar-refractivity contribution in [3.05, 3.63) is 14.7 Å². The molecular formula is C4H2Cl2OS. The van der Waals surface area contributed by atoms with Crippen LogP contribution in [0, 0.1) is 0 Å². The van der Waals surface area contributed by atoms with E-state index in [4.69, 9.17) is 28.3 Å². The van der Waals surface area contributed by atoms with Gasteiger partial charge in [0.15, 0.2) is 5.75 Å². The second kappa shape index (κ2) is 2.13. The summed E-state index contributed by atoms with van der Waals surface area (Å²) in [5, 5.41) is 10.7. The van der Waals surface area contributed by atoms with E-state index < -0.39 is 0 Å². The number of aromatic hydroxyl groups is 1. The molecule has 0 aliphatic heterocycles. The summed E-state index contributed by atoms with van der Waals surface area (Å²) in [6, 6.07) is 0. The van der Waals surface area contributed by atoms with Crippen molar-refractivity contribution in [2.75, 3.05) is 0 Å². The zero-order valence-electron chi connectivity index (χ0n) is 3.69. The fourth-order valence-electron chi connectivity index (χ4n) is 0.309. The van der Waals surface area contributed by atoms with E-state index in [9.17, 15) is 0 Å². The highest BCUT2D eigenvalue weighted by molar-refractivity contribution is 7.15. The van der Waals surface area contributed by atoms with Crippen LogP contribution in [0.4, 0.5) is 0 Å². The Bertz CT molecular complexity index is 176. The molecule has 0 fully saturated rings. The summed E-state index contributed by atoms with van der Waals surface area (Å²) in [7, 11) is 0. The van der Waals surface area contributed by atoms with E-state index in [0.717, 1.165) is 0 Å². The Labute approximate surface area is 60.5 Å². The lowest BCUT2D eigenvalue weighted by Crippen LogP contribution is -1.52. The fraction of sp³-hybridized carbons (Fsp3) is 0. The summed E-state index contributed by atoms with van der Waals surface area (Å²) in [6.45, 7) is 0. The largest absolute Gasteiger partial charge is 0.504 e. The van der Waals surface area contributed by atoms with Gasteiger partial charge in [-0.15, -0.1) is 11.3 Å². The third kappa shape index (κ3) is 0.917. The summed E-state index contributed by atoms with van der Waals surface area (Å²) in [5.74, 6) is -0.0154. The molecule has 1 rings (SSSR count). The minimum atomic E-state index is -0.0154. The van der Waals surface area contributed by atoms with Crippen LogP contribution in [-0.2, 0) is 0 Å². The van der Waals surface area contributed by atoms with Crippen LogP contribution in [0.3, 0.4) is 0 Å². The number of rotatable bonds is 0. The van der Waals surface area contributed by atoms with Gasteiger partial charge in [0, 0.05) is 5.38 Å². The smallest absolute Gasteiger partial charge is 0.163 e. The molecule has 0 amide bonds. The van der Waals surface area contributed by atoms with Gasteiger partial charge in [-0.2, -0.15) is 0 Å². The SMILES string of the molecule is Oc1c(Cl)csc1Cl. The molecule has 4 heteroatoms. The molecule has 0 unspecified atom stereocenters. The topological polar surface area (TPSA) is 20.2 Å². The first-order chi connectivity index (χ1) is 3.72. The van der Waals surface area contributed by atoms with Crippen LogP contribution in [0.15, 0.2) is 5.38 Å². The summed E-state index contributed by atoms with van der Waals surface area (Å²) in [5.41, 5.74) is 0. The van der Waals surface area contributed by atoms with Crippen molar-refractivity contribution in [1.29, 1.82) is 0 Å². The molecule has 0 aliphatic carbocycles. The van der Waals surface area contributed by atoms with Crippen LogP contribution >= 0.6 is 34.5 Å². The van der Waals surface area contributed by atoms with E-state index in [-0.39, 0.29) is 5.75 Å². The first-order valence-corrected chi connectivity index (χ1v) is 3.47. The second-order valence-electron chi connectivity index (χ2n) is 1.21. The van der Waals surface area contributed by atoms with E-state index in [1.807, 2.05) is 0 Å². The van der Waals surface area contributed by atoms with Crippen molar-refractivity contribution in [2.24, 2.45) is 0 Å². The molecule has 0 spiro atoms. The average Bonchev–Trinajstić information content (AvgIpc) is 1.98. The van der Waals surface area contributed by atoms with Crippen LogP contribution in [0.1, 0.15) is 0 Å². The lowest BCUT2D eigenvalue weighted by molar-refractivity contribution is 0.478. The van der Waals surface area contributed by atoms with Gasteiger partial charge in [-0.1, -0.05) is 23.2 Å². The normalized spacial score (nSPS) is 9.75. The molecule has 44 valence electrons. The molecule has 1 aromatic heterocycles. The molecule has 0 aromatic carbocycles. The van der Waals surface area contributed by atoms with Crippen molar-refractivity contribution in [3.8, 4) is 5.75 Å². The zero-order chi connectivity index (χ0) is 6.15. The van der Waals surface area contributed by atoms with Crippen molar-refractivity contribution < 1.29 is 5.11 Å². The lowest BCUT2D eigenvalue weighted by atomic mass is 10.6. The van der Waals surface area contributed by atoms with Crippen molar-refractivity contribution in [3.63, 3.8) is 0 Å². The van der Waals surface area contributed by atoms with Gasteiger partial charge in [0.25, 0.3) is 0 Å². The van der Waals surface area contributed by atoms with Crippen molar-refractivity contribution in [1.82, 2.24) is 0 Å². The molecule has 0 bridgehead atoms. The fourth-order valence-corrected chi connectivity index (χ4v) is 1.42. The van der Waals surface area contributed by atoms with Crippen molar-refractivity contribution >= 4 is 34.5 Å². The maximum atomic E-state index is 8.79. The Hall–Kier alpha value is 0.0800. The van der Waals surface area contributed by atoms with E-state index >= 15 is 0 Å². The standard InChI is InChI=1S/C4H2Cl2OS/c5-2-1-8-4(6)3(2)7/h1,7H. The Kier molecular flexibility index (Phi) is 1.65. The summed E-state index contributed by atoms with van der Waals surface area (Å²) in [4.78, 5) is 0. The highest BCUT2D eigenvalue weighted by atomic mass is 35.5. The predicted octanol–water partition coefficient (Wildman–Crippen LogP) is 2.76. The maximum absolute atomic E-state index is 8.79. The summed E-state index contributed by atoms with van der Waals surface area (Å²) in [6.07, 6.45) is 0. The third-order valence-electron chi connectivity index (χ3n) is 0.678. The van der Waals surface area contributed by atoms with E-state index in [2.05, 4.69) is 0 Å². The predicted molar refractivity (Wildman–Crippen MR) is 36.0 cm³/mol. The minimum Gasteiger partial charge on any atom is -0.504 e. The molecule has 0 radical (unpaired) electrons. The maximum Gasteiger partial charge on any atom is 0.163 e. The Morgan fingerprint density at radius 1 is 1.50 bits per heavy atom. The molecule has 1 aromatic rings. The van der Waals surface area contributed by atoms with Gasteiger partial charge in [0.2, 0.25) is 0 Å². The Morgan fingerprint density at radius 2 is 2.12 bits per heavy atom. The van der Waals surface area contributed by atoms with Gasteiger partial charge in [-0.25, -0.2) is 0 Å². The first-order valence-electron chi connectivity index (χ1n) is 1.83. The molecule has 0 saturated heterocycles. The molecular weight excluding hydrogens is 167 g/mol. The molecule has 1 N–H and O–H groups in total. The Balaban J connectivity index is 3.19. The molecule has 1 heterocycles. The highest BCUT2D eigenvalue weighted by Crippen LogP contribution is 2.36. The third-order valence-corrected chi connectivity index (χ3v) is 2.30. The van der Waals surface area contributed by atoms with Gasteiger partial charge in [0.1, 0.15) is 4.34 Å². The average molecular weight is 169 g/mol. The van der Waals surface area contributed by atoms with E-state index in [1.165, 1.54) is 11.3 Å². The molecule has 0 atom stereocenters. The van der Waals surface area contributed by atoms with Crippen LogP contribution in [-0.4, -0.2) is 5.11 Å². The molecule has 0 saturated carbocycles.